The van der Waals surface area contributed by atoms with Gasteiger partial charge in [0.1, 0.15) is 12.2 Å². The third kappa shape index (κ3) is 5.91. The molecule has 0 unspecified atom stereocenters. The number of nitrogens with one attached hydrogen (secondary N) is 1. The van der Waals surface area contributed by atoms with E-state index >= 15 is 0 Å². The van der Waals surface area contributed by atoms with E-state index in [4.69, 9.17) is 21.1 Å². The highest BCUT2D eigenvalue weighted by molar-refractivity contribution is 14.1. The first kappa shape index (κ1) is 26.2. The van der Waals surface area contributed by atoms with Crippen molar-refractivity contribution < 1.29 is 23.9 Å². The number of hydrogen-bond donors (Lipinski definition) is 1. The number of carbonyl (C=O) groups excluding carboxylic acids is 3. The van der Waals surface area contributed by atoms with Crippen LogP contribution in [-0.4, -0.2) is 24.5 Å². The van der Waals surface area contributed by atoms with Gasteiger partial charge in [-0.3, -0.25) is 14.9 Å². The van der Waals surface area contributed by atoms with Crippen LogP contribution < -0.4 is 19.7 Å². The lowest BCUT2D eigenvalue weighted by Gasteiger charge is -2.26. The van der Waals surface area contributed by atoms with Crippen molar-refractivity contribution in [3.8, 4) is 11.5 Å². The molecule has 0 radical (unpaired) electrons. The van der Waals surface area contributed by atoms with Gasteiger partial charge in [-0.05, 0) is 95.2 Å². The second kappa shape index (κ2) is 11.4. The number of urea groups is 1. The number of carbonyl (C=O) groups is 3. The molecule has 0 spiro atoms. The highest BCUT2D eigenvalue weighted by atomic mass is 127. The predicted molar refractivity (Wildman–Crippen MR) is 149 cm³/mol. The lowest BCUT2D eigenvalue weighted by atomic mass is 10.1. The quantitative estimate of drug-likeness (QED) is 0.179. The van der Waals surface area contributed by atoms with E-state index in [9.17, 15) is 14.4 Å². The monoisotopic (exact) mass is 680 g/mol. The summed E-state index contributed by atoms with van der Waals surface area (Å²) in [6.45, 7) is 2.58. The van der Waals surface area contributed by atoms with Crippen molar-refractivity contribution >= 4 is 79.7 Å². The van der Waals surface area contributed by atoms with Crippen LogP contribution in [0.2, 0.25) is 5.02 Å². The van der Waals surface area contributed by atoms with Gasteiger partial charge in [0.15, 0.2) is 11.5 Å². The predicted octanol–water partition coefficient (Wildman–Crippen LogP) is 6.35. The molecule has 7 nitrogen and oxygen atoms in total. The molecule has 184 valence electrons. The minimum absolute atomic E-state index is 0.189. The number of halogens is 3. The fourth-order valence-corrected chi connectivity index (χ4v) is 4.63. The van der Waals surface area contributed by atoms with Gasteiger partial charge in [-0.15, -0.1) is 0 Å². The number of nitrogens with zero attached hydrogens (tertiary/aromatic N) is 1. The molecular formula is C26H19BrClIN2O5. The van der Waals surface area contributed by atoms with E-state index in [0.717, 1.165) is 18.5 Å². The summed E-state index contributed by atoms with van der Waals surface area (Å²) in [4.78, 5) is 39.0. The molecule has 1 N–H and O–H groups in total. The first-order chi connectivity index (χ1) is 17.3. The Morgan fingerprint density at radius 2 is 1.72 bits per heavy atom. The van der Waals surface area contributed by atoms with Crippen LogP contribution in [0.1, 0.15) is 18.1 Å². The van der Waals surface area contributed by atoms with Crippen molar-refractivity contribution in [2.75, 3.05) is 11.5 Å². The molecule has 1 heterocycles. The molecule has 0 bridgehead atoms. The molecule has 1 saturated heterocycles. The van der Waals surface area contributed by atoms with Crippen LogP contribution in [0.15, 0.2) is 70.7 Å². The lowest BCUT2D eigenvalue weighted by molar-refractivity contribution is -0.122. The highest BCUT2D eigenvalue weighted by Crippen LogP contribution is 2.36. The summed E-state index contributed by atoms with van der Waals surface area (Å²) in [5.41, 5.74) is 1.63. The fraction of sp³-hybridized carbons (Fsp3) is 0.115. The summed E-state index contributed by atoms with van der Waals surface area (Å²) < 4.78 is 13.6. The average molecular weight is 682 g/mol. The number of hydrogen-bond acceptors (Lipinski definition) is 5. The molecule has 4 amide bonds. The Balaban J connectivity index is 1.65. The fourth-order valence-electron chi connectivity index (χ4n) is 3.46. The third-order valence-corrected chi connectivity index (χ3v) is 6.71. The van der Waals surface area contributed by atoms with Gasteiger partial charge in [0.2, 0.25) is 0 Å². The topological polar surface area (TPSA) is 84.9 Å². The minimum atomic E-state index is -0.828. The SMILES string of the molecule is CCOc1cc(/C=C2\C(=O)NC(=O)N(c3ccc(Cl)cc3)C2=O)cc(I)c1OCc1ccc(Br)cc1. The van der Waals surface area contributed by atoms with E-state index in [0.29, 0.717) is 41.0 Å². The summed E-state index contributed by atoms with van der Waals surface area (Å²) in [5, 5.41) is 2.67. The van der Waals surface area contributed by atoms with Crippen molar-refractivity contribution in [2.45, 2.75) is 13.5 Å². The van der Waals surface area contributed by atoms with Crippen LogP contribution in [0.4, 0.5) is 10.5 Å². The summed E-state index contributed by atoms with van der Waals surface area (Å²) >= 11 is 11.5. The van der Waals surface area contributed by atoms with Crippen LogP contribution in [0.3, 0.4) is 0 Å². The minimum Gasteiger partial charge on any atom is -0.490 e. The smallest absolute Gasteiger partial charge is 0.335 e. The molecule has 1 fully saturated rings. The van der Waals surface area contributed by atoms with Gasteiger partial charge in [0.05, 0.1) is 15.9 Å². The van der Waals surface area contributed by atoms with Gasteiger partial charge in [-0.1, -0.05) is 39.7 Å². The Kier molecular flexibility index (Phi) is 8.32. The standard InChI is InChI=1S/C26H19BrClIN2O5/c1-2-35-22-13-16(12-21(29)23(22)36-14-15-3-5-17(27)6-4-15)11-20-24(32)30-26(34)31(25(20)33)19-9-7-18(28)8-10-19/h3-13H,2,14H2,1H3,(H,30,32,34)/b20-11+. The summed E-state index contributed by atoms with van der Waals surface area (Å²) in [6.07, 6.45) is 1.43. The summed E-state index contributed by atoms with van der Waals surface area (Å²) in [5.74, 6) is -0.490. The number of imide groups is 2. The summed E-state index contributed by atoms with van der Waals surface area (Å²) in [7, 11) is 0. The lowest BCUT2D eigenvalue weighted by Crippen LogP contribution is -2.54. The van der Waals surface area contributed by atoms with Gasteiger partial charge in [0, 0.05) is 9.50 Å². The van der Waals surface area contributed by atoms with Crippen molar-refractivity contribution in [3.63, 3.8) is 0 Å². The Labute approximate surface area is 234 Å². The maximum Gasteiger partial charge on any atom is 0.335 e. The normalized spacial score (nSPS) is 14.7. The molecule has 3 aromatic rings. The summed E-state index contributed by atoms with van der Waals surface area (Å²) in [6, 6.07) is 16.6. The second-order valence-electron chi connectivity index (χ2n) is 7.61. The second-order valence-corrected chi connectivity index (χ2v) is 10.1. The number of barbiturate groups is 1. The molecule has 0 aromatic heterocycles. The molecule has 3 aromatic carbocycles. The molecule has 36 heavy (non-hydrogen) atoms. The number of anilines is 1. The van der Waals surface area contributed by atoms with Crippen molar-refractivity contribution in [1.29, 1.82) is 0 Å². The molecule has 0 atom stereocenters. The molecular weight excluding hydrogens is 663 g/mol. The van der Waals surface area contributed by atoms with E-state index in [-0.39, 0.29) is 5.57 Å². The molecule has 4 rings (SSSR count). The van der Waals surface area contributed by atoms with Crippen LogP contribution in [0, 0.1) is 3.57 Å². The Morgan fingerprint density at radius 1 is 1.03 bits per heavy atom. The van der Waals surface area contributed by atoms with Gasteiger partial charge >= 0.3 is 6.03 Å². The van der Waals surface area contributed by atoms with Crippen LogP contribution in [0.5, 0.6) is 11.5 Å². The largest absolute Gasteiger partial charge is 0.490 e. The number of rotatable bonds is 7. The number of benzene rings is 3. The molecule has 10 heteroatoms. The maximum atomic E-state index is 13.2. The van der Waals surface area contributed by atoms with Gasteiger partial charge < -0.3 is 9.47 Å². The maximum absolute atomic E-state index is 13.2. The van der Waals surface area contributed by atoms with Gasteiger partial charge in [-0.2, -0.15) is 0 Å². The molecule has 0 saturated carbocycles. The van der Waals surface area contributed by atoms with E-state index < -0.39 is 17.8 Å². The first-order valence-corrected chi connectivity index (χ1v) is 13.0. The van der Waals surface area contributed by atoms with Crippen molar-refractivity contribution in [3.05, 3.63) is 90.4 Å². The average Bonchev–Trinajstić information content (AvgIpc) is 2.83. The number of ether oxygens (including phenoxy) is 2. The van der Waals surface area contributed by atoms with Crippen LogP contribution in [-0.2, 0) is 16.2 Å². The highest BCUT2D eigenvalue weighted by Gasteiger charge is 2.36. The van der Waals surface area contributed by atoms with E-state index in [1.165, 1.54) is 18.2 Å². The number of amides is 4. The first-order valence-electron chi connectivity index (χ1n) is 10.8. The van der Waals surface area contributed by atoms with Crippen LogP contribution >= 0.6 is 50.1 Å². The van der Waals surface area contributed by atoms with Gasteiger partial charge in [-0.25, -0.2) is 9.69 Å². The zero-order valence-corrected chi connectivity index (χ0v) is 23.4. The van der Waals surface area contributed by atoms with E-state index in [2.05, 4.69) is 43.8 Å². The zero-order chi connectivity index (χ0) is 25.8. The van der Waals surface area contributed by atoms with E-state index in [1.807, 2.05) is 31.2 Å². The molecule has 0 aliphatic carbocycles. The zero-order valence-electron chi connectivity index (χ0n) is 18.9. The Hall–Kier alpha value is -2.89. The third-order valence-electron chi connectivity index (χ3n) is 5.13. The van der Waals surface area contributed by atoms with Crippen molar-refractivity contribution in [1.82, 2.24) is 5.32 Å². The van der Waals surface area contributed by atoms with Crippen molar-refractivity contribution in [2.24, 2.45) is 0 Å². The van der Waals surface area contributed by atoms with Crippen LogP contribution in [0.25, 0.3) is 6.08 Å². The Morgan fingerprint density at radius 3 is 2.39 bits per heavy atom. The van der Waals surface area contributed by atoms with E-state index in [1.54, 1.807) is 24.3 Å². The van der Waals surface area contributed by atoms with Gasteiger partial charge in [0.25, 0.3) is 11.8 Å². The Bertz CT molecular complexity index is 1360. The molecule has 1 aliphatic heterocycles. The molecule has 1 aliphatic rings.